The third-order valence-corrected chi connectivity index (χ3v) is 3.47. The summed E-state index contributed by atoms with van der Waals surface area (Å²) in [6, 6.07) is 5.10. The molecule has 2 N–H and O–H groups in total. The zero-order valence-electron chi connectivity index (χ0n) is 10.1. The third-order valence-electron chi connectivity index (χ3n) is 2.58. The summed E-state index contributed by atoms with van der Waals surface area (Å²) in [4.78, 5) is 0. The van der Waals surface area contributed by atoms with Crippen LogP contribution in [-0.2, 0) is 11.2 Å². The van der Waals surface area contributed by atoms with Gasteiger partial charge in [0.1, 0.15) is 5.82 Å². The summed E-state index contributed by atoms with van der Waals surface area (Å²) in [5.74, 6) is -0.232. The molecule has 1 aromatic carbocycles. The molecule has 0 amide bonds. The van der Waals surface area contributed by atoms with Crippen LogP contribution in [0.15, 0.2) is 22.7 Å². The van der Waals surface area contributed by atoms with Crippen LogP contribution >= 0.6 is 15.9 Å². The number of nitrogens with two attached hydrogens (primary N) is 1. The molecular formula is C13H19BrFNO. The molecule has 2 nitrogen and oxygen atoms in total. The van der Waals surface area contributed by atoms with Crippen LogP contribution in [0.3, 0.4) is 0 Å². The summed E-state index contributed by atoms with van der Waals surface area (Å²) in [7, 11) is 0. The van der Waals surface area contributed by atoms with Crippen molar-refractivity contribution >= 4 is 15.9 Å². The second kappa shape index (κ2) is 7.80. The molecule has 0 aliphatic heterocycles. The summed E-state index contributed by atoms with van der Waals surface area (Å²) in [6.07, 6.45) is 2.52. The molecule has 1 atom stereocenters. The highest BCUT2D eigenvalue weighted by atomic mass is 79.9. The van der Waals surface area contributed by atoms with Gasteiger partial charge in [-0.25, -0.2) is 4.39 Å². The Morgan fingerprint density at radius 1 is 1.47 bits per heavy atom. The molecule has 1 aromatic rings. The third kappa shape index (κ3) is 5.15. The lowest BCUT2D eigenvalue weighted by molar-refractivity contribution is 0.142. The lowest BCUT2D eigenvalue weighted by Crippen LogP contribution is -2.23. The van der Waals surface area contributed by atoms with Crippen molar-refractivity contribution in [3.63, 3.8) is 0 Å². The minimum atomic E-state index is -0.232. The van der Waals surface area contributed by atoms with Gasteiger partial charge in [-0.2, -0.15) is 0 Å². The lowest BCUT2D eigenvalue weighted by Gasteiger charge is -2.13. The fourth-order valence-corrected chi connectivity index (χ4v) is 2.11. The van der Waals surface area contributed by atoms with Crippen LogP contribution in [0.1, 0.15) is 25.3 Å². The van der Waals surface area contributed by atoms with E-state index in [1.54, 1.807) is 6.07 Å². The van der Waals surface area contributed by atoms with Gasteiger partial charge in [0, 0.05) is 19.3 Å². The molecule has 4 heteroatoms. The molecule has 0 aromatic heterocycles. The summed E-state index contributed by atoms with van der Waals surface area (Å²) in [6.45, 7) is 3.46. The molecule has 0 aliphatic rings. The molecule has 1 unspecified atom stereocenters. The zero-order valence-corrected chi connectivity index (χ0v) is 11.7. The van der Waals surface area contributed by atoms with E-state index < -0.39 is 0 Å². The molecule has 0 spiro atoms. The molecule has 0 heterocycles. The van der Waals surface area contributed by atoms with Gasteiger partial charge >= 0.3 is 0 Å². The Hall–Kier alpha value is -0.450. The van der Waals surface area contributed by atoms with E-state index in [9.17, 15) is 4.39 Å². The van der Waals surface area contributed by atoms with Gasteiger partial charge < -0.3 is 10.5 Å². The van der Waals surface area contributed by atoms with Gasteiger partial charge in [-0.3, -0.25) is 0 Å². The second-order valence-corrected chi connectivity index (χ2v) is 4.81. The van der Waals surface area contributed by atoms with Crippen LogP contribution < -0.4 is 5.73 Å². The highest BCUT2D eigenvalue weighted by Gasteiger charge is 2.09. The summed E-state index contributed by atoms with van der Waals surface area (Å²) in [5, 5.41) is 0. The van der Waals surface area contributed by atoms with Crippen molar-refractivity contribution in [1.82, 2.24) is 0 Å². The summed E-state index contributed by atoms with van der Waals surface area (Å²) in [5.41, 5.74) is 6.93. The maximum atomic E-state index is 13.3. The molecule has 1 rings (SSSR count). The van der Waals surface area contributed by atoms with E-state index in [4.69, 9.17) is 10.5 Å². The van der Waals surface area contributed by atoms with Crippen molar-refractivity contribution in [3.05, 3.63) is 34.1 Å². The van der Waals surface area contributed by atoms with Gasteiger partial charge in [-0.1, -0.05) is 12.1 Å². The largest absolute Gasteiger partial charge is 0.382 e. The Bertz CT molecular complexity index is 346. The maximum Gasteiger partial charge on any atom is 0.137 e. The normalized spacial score (nSPS) is 12.7. The van der Waals surface area contributed by atoms with Crippen LogP contribution in [0.4, 0.5) is 4.39 Å². The van der Waals surface area contributed by atoms with Crippen molar-refractivity contribution in [3.8, 4) is 0 Å². The summed E-state index contributed by atoms with van der Waals surface area (Å²) < 4.78 is 19.1. The lowest BCUT2D eigenvalue weighted by atomic mass is 10.0. The van der Waals surface area contributed by atoms with E-state index in [-0.39, 0.29) is 11.9 Å². The Morgan fingerprint density at radius 2 is 2.24 bits per heavy atom. The number of hydrogen-bond acceptors (Lipinski definition) is 2. The highest BCUT2D eigenvalue weighted by molar-refractivity contribution is 9.10. The Kier molecular flexibility index (Phi) is 6.70. The first-order valence-electron chi connectivity index (χ1n) is 5.91. The average molecular weight is 304 g/mol. The molecule has 96 valence electrons. The molecule has 0 aliphatic carbocycles. The van der Waals surface area contributed by atoms with Crippen molar-refractivity contribution in [2.45, 2.75) is 32.2 Å². The van der Waals surface area contributed by atoms with Gasteiger partial charge in [0.25, 0.3) is 0 Å². The quantitative estimate of drug-likeness (QED) is 0.785. The van der Waals surface area contributed by atoms with Crippen molar-refractivity contribution in [2.75, 3.05) is 13.2 Å². The number of ether oxygens (including phenoxy) is 1. The average Bonchev–Trinajstić information content (AvgIpc) is 2.31. The standard InChI is InChI=1S/C13H19BrFNO/c1-2-17-8-4-6-11(16)9-10-5-3-7-12(15)13(10)14/h3,5,7,11H,2,4,6,8-9,16H2,1H3. The number of halogens is 2. The first kappa shape index (κ1) is 14.6. The smallest absolute Gasteiger partial charge is 0.137 e. The topological polar surface area (TPSA) is 35.2 Å². The van der Waals surface area contributed by atoms with Crippen molar-refractivity contribution in [2.24, 2.45) is 5.73 Å². The molecule has 0 saturated carbocycles. The predicted molar refractivity (Wildman–Crippen MR) is 71.5 cm³/mol. The zero-order chi connectivity index (χ0) is 12.7. The molecular weight excluding hydrogens is 285 g/mol. The number of hydrogen-bond donors (Lipinski definition) is 1. The van der Waals surface area contributed by atoms with Gasteiger partial charge in [0.2, 0.25) is 0 Å². The maximum absolute atomic E-state index is 13.3. The monoisotopic (exact) mass is 303 g/mol. The van der Waals surface area contributed by atoms with Crippen molar-refractivity contribution in [1.29, 1.82) is 0 Å². The van der Waals surface area contributed by atoms with E-state index in [1.165, 1.54) is 6.07 Å². The van der Waals surface area contributed by atoms with Gasteiger partial charge in [-0.05, 0) is 53.7 Å². The van der Waals surface area contributed by atoms with E-state index in [0.29, 0.717) is 10.9 Å². The van der Waals surface area contributed by atoms with Crippen LogP contribution in [-0.4, -0.2) is 19.3 Å². The Labute approximate surface area is 110 Å². The number of rotatable bonds is 7. The van der Waals surface area contributed by atoms with Gasteiger partial charge in [-0.15, -0.1) is 0 Å². The first-order valence-corrected chi connectivity index (χ1v) is 6.70. The summed E-state index contributed by atoms with van der Waals surface area (Å²) >= 11 is 3.25. The van der Waals surface area contributed by atoms with E-state index in [2.05, 4.69) is 15.9 Å². The van der Waals surface area contributed by atoms with Crippen LogP contribution in [0.5, 0.6) is 0 Å². The van der Waals surface area contributed by atoms with Crippen LogP contribution in [0.25, 0.3) is 0 Å². The van der Waals surface area contributed by atoms with Crippen LogP contribution in [0, 0.1) is 5.82 Å². The van der Waals surface area contributed by atoms with Crippen LogP contribution in [0.2, 0.25) is 0 Å². The molecule has 0 saturated heterocycles. The van der Waals surface area contributed by atoms with E-state index >= 15 is 0 Å². The fraction of sp³-hybridized carbons (Fsp3) is 0.538. The predicted octanol–water partition coefficient (Wildman–Crippen LogP) is 3.27. The van der Waals surface area contributed by atoms with E-state index in [1.807, 2.05) is 13.0 Å². The minimum Gasteiger partial charge on any atom is -0.382 e. The SMILES string of the molecule is CCOCCCC(N)Cc1cccc(F)c1Br. The second-order valence-electron chi connectivity index (χ2n) is 4.02. The van der Waals surface area contributed by atoms with Gasteiger partial charge in [0.15, 0.2) is 0 Å². The van der Waals surface area contributed by atoms with Crippen molar-refractivity contribution < 1.29 is 9.13 Å². The first-order chi connectivity index (χ1) is 8.15. The molecule has 0 bridgehead atoms. The molecule has 0 fully saturated rings. The molecule has 17 heavy (non-hydrogen) atoms. The minimum absolute atomic E-state index is 0.0496. The number of benzene rings is 1. The van der Waals surface area contributed by atoms with E-state index in [0.717, 1.165) is 31.6 Å². The molecule has 0 radical (unpaired) electrons. The fourth-order valence-electron chi connectivity index (χ4n) is 1.68. The highest BCUT2D eigenvalue weighted by Crippen LogP contribution is 2.21. The Morgan fingerprint density at radius 3 is 2.94 bits per heavy atom. The Balaban J connectivity index is 2.39. The van der Waals surface area contributed by atoms with Gasteiger partial charge in [0.05, 0.1) is 4.47 Å².